The molecule has 0 spiro atoms. The van der Waals surface area contributed by atoms with Crippen molar-refractivity contribution in [3.8, 4) is 33.9 Å². The van der Waals surface area contributed by atoms with E-state index in [1.807, 2.05) is 60.7 Å². The lowest BCUT2D eigenvalue weighted by Gasteiger charge is -2.14. The molecular formula is C40H42N8O2. The second kappa shape index (κ2) is 14.3. The Kier molecular flexibility index (Phi) is 9.11. The van der Waals surface area contributed by atoms with E-state index in [1.54, 1.807) is 0 Å². The second-order valence-corrected chi connectivity index (χ2v) is 13.4. The highest BCUT2D eigenvalue weighted by molar-refractivity contribution is 5.95. The van der Waals surface area contributed by atoms with Gasteiger partial charge in [0.25, 0.3) is 11.8 Å². The largest absolute Gasteiger partial charge is 0.351 e. The monoisotopic (exact) mass is 666 g/mol. The SMILES string of the molecule is O=C(NCCN1CCCC1)c1ccc(-c2nc3cc(-c4ccc5[nH]c(-c6ccc(C(=O)NCCN7CCCC7)cc6)nc5c4)ccc3[nH]2)cc1. The van der Waals surface area contributed by atoms with E-state index < -0.39 is 0 Å². The van der Waals surface area contributed by atoms with Crippen LogP contribution < -0.4 is 10.6 Å². The molecule has 2 saturated heterocycles. The van der Waals surface area contributed by atoms with Gasteiger partial charge < -0.3 is 30.4 Å². The molecule has 2 aromatic heterocycles. The summed E-state index contributed by atoms with van der Waals surface area (Å²) in [5.74, 6) is 1.42. The maximum absolute atomic E-state index is 12.7. The summed E-state index contributed by atoms with van der Waals surface area (Å²) in [5, 5.41) is 6.08. The van der Waals surface area contributed by atoms with E-state index in [9.17, 15) is 9.59 Å². The molecule has 0 aliphatic carbocycles. The highest BCUT2D eigenvalue weighted by Crippen LogP contribution is 2.29. The van der Waals surface area contributed by atoms with Gasteiger partial charge in [-0.25, -0.2) is 9.97 Å². The van der Waals surface area contributed by atoms with E-state index in [0.29, 0.717) is 24.2 Å². The number of nitrogens with one attached hydrogen (secondary N) is 4. The first-order valence-corrected chi connectivity index (χ1v) is 17.8. The number of carbonyl (C=O) groups is 2. The molecular weight excluding hydrogens is 624 g/mol. The van der Waals surface area contributed by atoms with Crippen LogP contribution in [0.2, 0.25) is 0 Å². The predicted molar refractivity (Wildman–Crippen MR) is 198 cm³/mol. The lowest BCUT2D eigenvalue weighted by Crippen LogP contribution is -2.33. The van der Waals surface area contributed by atoms with Gasteiger partial charge >= 0.3 is 0 Å². The molecule has 8 rings (SSSR count). The summed E-state index contributed by atoms with van der Waals surface area (Å²) in [6, 6.07) is 27.6. The summed E-state index contributed by atoms with van der Waals surface area (Å²) in [7, 11) is 0. The lowest BCUT2D eigenvalue weighted by molar-refractivity contribution is 0.0941. The Hall–Kier alpha value is -5.32. The Morgan fingerprint density at radius 2 is 0.920 bits per heavy atom. The van der Waals surface area contributed by atoms with Gasteiger partial charge in [-0.3, -0.25) is 9.59 Å². The third-order valence-electron chi connectivity index (χ3n) is 9.97. The molecule has 50 heavy (non-hydrogen) atoms. The standard InChI is InChI=1S/C40H42N8O2/c49-39(41-17-23-47-19-1-2-20-47)29-9-5-27(6-10-29)37-43-33-15-13-31(25-35(33)45-37)32-14-16-34-36(26-32)46-38(44-34)28-7-11-30(12-8-28)40(50)42-18-24-48-21-3-4-22-48/h5-16,25-26H,1-4,17-24H2,(H,41,49)(H,42,50)(H,43,45)(H,44,46). The van der Waals surface area contributed by atoms with Crippen LogP contribution in [0.4, 0.5) is 0 Å². The minimum Gasteiger partial charge on any atom is -0.351 e. The van der Waals surface area contributed by atoms with Gasteiger partial charge in [0.15, 0.2) is 0 Å². The molecule has 0 bridgehead atoms. The number of carbonyl (C=O) groups excluding carboxylic acids is 2. The third-order valence-corrected chi connectivity index (χ3v) is 9.97. The van der Waals surface area contributed by atoms with E-state index in [4.69, 9.17) is 9.97 Å². The summed E-state index contributed by atoms with van der Waals surface area (Å²) in [5.41, 5.74) is 8.85. The second-order valence-electron chi connectivity index (χ2n) is 13.4. The van der Waals surface area contributed by atoms with Crippen LogP contribution in [0.25, 0.3) is 56.0 Å². The van der Waals surface area contributed by atoms with Crippen molar-refractivity contribution < 1.29 is 9.59 Å². The predicted octanol–water partition coefficient (Wildman–Crippen LogP) is 6.09. The van der Waals surface area contributed by atoms with Crippen molar-refractivity contribution in [1.29, 1.82) is 0 Å². The van der Waals surface area contributed by atoms with Crippen molar-refractivity contribution in [2.45, 2.75) is 25.7 Å². The van der Waals surface area contributed by atoms with E-state index in [1.165, 1.54) is 25.7 Å². The van der Waals surface area contributed by atoms with Crippen molar-refractivity contribution in [2.75, 3.05) is 52.4 Å². The topological polar surface area (TPSA) is 122 Å². The van der Waals surface area contributed by atoms with Crippen molar-refractivity contribution >= 4 is 33.9 Å². The van der Waals surface area contributed by atoms with Crippen LogP contribution in [0.1, 0.15) is 46.4 Å². The normalized spacial score (nSPS) is 15.3. The lowest BCUT2D eigenvalue weighted by atomic mass is 10.0. The zero-order chi connectivity index (χ0) is 33.9. The average molecular weight is 667 g/mol. The number of rotatable bonds is 11. The molecule has 10 heteroatoms. The van der Waals surface area contributed by atoms with Crippen molar-refractivity contribution in [3.05, 3.63) is 96.1 Å². The van der Waals surface area contributed by atoms with Gasteiger partial charge in [0.05, 0.1) is 22.1 Å². The van der Waals surface area contributed by atoms with Gasteiger partial charge in [0.2, 0.25) is 0 Å². The number of aromatic amines is 2. The molecule has 0 atom stereocenters. The van der Waals surface area contributed by atoms with Crippen molar-refractivity contribution in [1.82, 2.24) is 40.4 Å². The molecule has 2 aliphatic heterocycles. The first kappa shape index (κ1) is 31.9. The quantitative estimate of drug-likeness (QED) is 0.133. The molecule has 10 nitrogen and oxygen atoms in total. The van der Waals surface area contributed by atoms with Gasteiger partial charge in [-0.15, -0.1) is 0 Å². The van der Waals surface area contributed by atoms with E-state index in [0.717, 1.165) is 95.2 Å². The van der Waals surface area contributed by atoms with Crippen molar-refractivity contribution in [2.24, 2.45) is 0 Å². The fraction of sp³-hybridized carbons (Fsp3) is 0.300. The van der Waals surface area contributed by atoms with Gasteiger partial charge in [-0.1, -0.05) is 36.4 Å². The molecule has 254 valence electrons. The number of H-pyrrole nitrogens is 2. The molecule has 4 N–H and O–H groups in total. The van der Waals surface area contributed by atoms with Crippen molar-refractivity contribution in [3.63, 3.8) is 0 Å². The molecule has 2 fully saturated rings. The van der Waals surface area contributed by atoms with Gasteiger partial charge in [-0.2, -0.15) is 0 Å². The Labute approximate surface area is 291 Å². The Bertz CT molecular complexity index is 1970. The van der Waals surface area contributed by atoms with Crippen LogP contribution in [-0.4, -0.2) is 93.9 Å². The number of aromatic nitrogens is 4. The number of hydrogen-bond donors (Lipinski definition) is 4. The number of hydrogen-bond acceptors (Lipinski definition) is 6. The third kappa shape index (κ3) is 7.03. The summed E-state index contributed by atoms with van der Waals surface area (Å²) in [6.45, 7) is 7.63. The van der Waals surface area contributed by atoms with Crippen LogP contribution in [-0.2, 0) is 0 Å². The van der Waals surface area contributed by atoms with Crippen LogP contribution >= 0.6 is 0 Å². The summed E-state index contributed by atoms with van der Waals surface area (Å²) in [6.07, 6.45) is 5.00. The molecule has 6 aromatic rings. The zero-order valence-electron chi connectivity index (χ0n) is 28.2. The minimum absolute atomic E-state index is 0.0492. The molecule has 2 aliphatic rings. The van der Waals surface area contributed by atoms with Crippen LogP contribution in [0.15, 0.2) is 84.9 Å². The zero-order valence-corrected chi connectivity index (χ0v) is 28.2. The Morgan fingerprint density at radius 1 is 0.540 bits per heavy atom. The summed E-state index contributed by atoms with van der Waals surface area (Å²) >= 11 is 0. The molecule has 0 radical (unpaired) electrons. The van der Waals surface area contributed by atoms with Crippen LogP contribution in [0, 0.1) is 0 Å². The highest BCUT2D eigenvalue weighted by Gasteiger charge is 2.15. The van der Waals surface area contributed by atoms with Gasteiger partial charge in [0, 0.05) is 48.4 Å². The average Bonchev–Trinajstić information content (AvgIpc) is 3.99. The summed E-state index contributed by atoms with van der Waals surface area (Å²) in [4.78, 5) is 46.7. The number of amides is 2. The van der Waals surface area contributed by atoms with E-state index >= 15 is 0 Å². The minimum atomic E-state index is -0.0492. The summed E-state index contributed by atoms with van der Waals surface area (Å²) < 4.78 is 0. The molecule has 0 unspecified atom stereocenters. The maximum atomic E-state index is 12.7. The molecule has 2 amide bonds. The van der Waals surface area contributed by atoms with Gasteiger partial charge in [0.1, 0.15) is 11.6 Å². The number of likely N-dealkylation sites (tertiary alicyclic amines) is 2. The maximum Gasteiger partial charge on any atom is 0.251 e. The van der Waals surface area contributed by atoms with Crippen LogP contribution in [0.3, 0.4) is 0 Å². The molecule has 0 saturated carbocycles. The number of imidazole rings is 2. The number of nitrogens with zero attached hydrogens (tertiary/aromatic N) is 4. The van der Waals surface area contributed by atoms with Crippen LogP contribution in [0.5, 0.6) is 0 Å². The fourth-order valence-corrected chi connectivity index (χ4v) is 7.07. The van der Waals surface area contributed by atoms with E-state index in [-0.39, 0.29) is 11.8 Å². The highest BCUT2D eigenvalue weighted by atomic mass is 16.2. The first-order chi connectivity index (χ1) is 24.6. The number of fused-ring (bicyclic) bond motifs is 2. The number of benzene rings is 4. The first-order valence-electron chi connectivity index (χ1n) is 17.8. The van der Waals surface area contributed by atoms with Gasteiger partial charge in [-0.05, 0) is 112 Å². The Balaban J connectivity index is 0.919. The molecule has 4 aromatic carbocycles. The fourth-order valence-electron chi connectivity index (χ4n) is 7.07. The smallest absolute Gasteiger partial charge is 0.251 e. The molecule has 4 heterocycles. The van der Waals surface area contributed by atoms with E-state index in [2.05, 4.69) is 54.7 Å². The Morgan fingerprint density at radius 3 is 1.32 bits per heavy atom.